The first-order valence-electron chi connectivity index (χ1n) is 5.45. The number of phenols is 1. The summed E-state index contributed by atoms with van der Waals surface area (Å²) >= 11 is 11.6. The van der Waals surface area contributed by atoms with Crippen molar-refractivity contribution in [3.05, 3.63) is 63.1 Å². The van der Waals surface area contributed by atoms with E-state index in [0.717, 1.165) is 12.1 Å². The number of hydrogen-bond donors (Lipinski definition) is 2. The molecule has 0 radical (unpaired) electrons. The fraction of sp³-hybridized carbons (Fsp3) is 0. The minimum atomic E-state index is -1.27. The second-order valence-electron chi connectivity index (χ2n) is 4.02. The molecule has 0 bridgehead atoms. The molecular formula is C14H8Cl2O4. The fourth-order valence-corrected chi connectivity index (χ4v) is 2.23. The third kappa shape index (κ3) is 2.92. The number of carboxylic acids is 1. The smallest absolute Gasteiger partial charge is 0.339 e. The molecule has 0 saturated carbocycles. The second-order valence-corrected chi connectivity index (χ2v) is 4.90. The predicted molar refractivity (Wildman–Crippen MR) is 75.0 cm³/mol. The maximum atomic E-state index is 12.2. The van der Waals surface area contributed by atoms with Crippen molar-refractivity contribution in [2.24, 2.45) is 0 Å². The first-order valence-corrected chi connectivity index (χ1v) is 6.21. The number of rotatable bonds is 3. The molecule has 0 amide bonds. The SMILES string of the molecule is O=C(c1cc(Cl)cc(Cl)c1)c1ccc(C(=O)O)c(O)c1. The Morgan fingerprint density at radius 2 is 1.50 bits per heavy atom. The maximum Gasteiger partial charge on any atom is 0.339 e. The highest BCUT2D eigenvalue weighted by Crippen LogP contribution is 2.24. The van der Waals surface area contributed by atoms with Crippen LogP contribution < -0.4 is 0 Å². The lowest BCUT2D eigenvalue weighted by atomic mass is 10.0. The van der Waals surface area contributed by atoms with Gasteiger partial charge in [-0.05, 0) is 36.4 Å². The van der Waals surface area contributed by atoms with Gasteiger partial charge in [-0.15, -0.1) is 0 Å². The highest BCUT2D eigenvalue weighted by Gasteiger charge is 2.15. The van der Waals surface area contributed by atoms with Crippen molar-refractivity contribution in [3.8, 4) is 5.75 Å². The lowest BCUT2D eigenvalue weighted by molar-refractivity contribution is 0.0693. The zero-order chi connectivity index (χ0) is 14.9. The van der Waals surface area contributed by atoms with E-state index in [1.54, 1.807) is 0 Å². The van der Waals surface area contributed by atoms with Gasteiger partial charge < -0.3 is 10.2 Å². The number of carboxylic acid groups (broad SMARTS) is 1. The van der Waals surface area contributed by atoms with E-state index >= 15 is 0 Å². The summed E-state index contributed by atoms with van der Waals surface area (Å²) in [6, 6.07) is 7.96. The molecule has 2 aromatic carbocycles. The first-order chi connectivity index (χ1) is 9.38. The van der Waals surface area contributed by atoms with Crippen molar-refractivity contribution >= 4 is 35.0 Å². The van der Waals surface area contributed by atoms with Gasteiger partial charge in [0.25, 0.3) is 0 Å². The van der Waals surface area contributed by atoms with Crippen LogP contribution in [-0.2, 0) is 0 Å². The summed E-state index contributed by atoms with van der Waals surface area (Å²) in [5.74, 6) is -2.16. The molecule has 0 aliphatic heterocycles. The fourth-order valence-electron chi connectivity index (χ4n) is 1.71. The summed E-state index contributed by atoms with van der Waals surface area (Å²) in [7, 11) is 0. The Morgan fingerprint density at radius 1 is 0.900 bits per heavy atom. The van der Waals surface area contributed by atoms with Crippen LogP contribution in [0.25, 0.3) is 0 Å². The van der Waals surface area contributed by atoms with E-state index in [1.165, 1.54) is 24.3 Å². The Kier molecular flexibility index (Phi) is 3.97. The van der Waals surface area contributed by atoms with E-state index in [9.17, 15) is 14.7 Å². The van der Waals surface area contributed by atoms with Gasteiger partial charge in [0.15, 0.2) is 5.78 Å². The van der Waals surface area contributed by atoms with Gasteiger partial charge in [0.05, 0.1) is 0 Å². The summed E-state index contributed by atoms with van der Waals surface area (Å²) < 4.78 is 0. The van der Waals surface area contributed by atoms with Gasteiger partial charge in [0.1, 0.15) is 11.3 Å². The molecule has 0 aliphatic rings. The molecule has 102 valence electrons. The number of benzene rings is 2. The molecule has 0 heterocycles. The monoisotopic (exact) mass is 310 g/mol. The number of aromatic carboxylic acids is 1. The Balaban J connectivity index is 2.43. The van der Waals surface area contributed by atoms with Crippen molar-refractivity contribution in [2.45, 2.75) is 0 Å². The van der Waals surface area contributed by atoms with Crippen LogP contribution in [0.1, 0.15) is 26.3 Å². The maximum absolute atomic E-state index is 12.2. The van der Waals surface area contributed by atoms with Crippen molar-refractivity contribution in [1.82, 2.24) is 0 Å². The lowest BCUT2D eigenvalue weighted by Crippen LogP contribution is -2.03. The standard InChI is InChI=1S/C14H8Cl2O4/c15-9-3-8(4-10(16)6-9)13(18)7-1-2-11(14(19)20)12(17)5-7/h1-6,17H,(H,19,20). The average molecular weight is 311 g/mol. The first kappa shape index (κ1) is 14.4. The molecule has 2 rings (SSSR count). The summed E-state index contributed by atoms with van der Waals surface area (Å²) in [4.78, 5) is 23.0. The topological polar surface area (TPSA) is 74.6 Å². The summed E-state index contributed by atoms with van der Waals surface area (Å²) in [5.41, 5.74) is 0.126. The van der Waals surface area contributed by atoms with Gasteiger partial charge in [-0.3, -0.25) is 4.79 Å². The summed E-state index contributed by atoms with van der Waals surface area (Å²) in [5, 5.41) is 19.0. The molecule has 0 spiro atoms. The molecule has 0 unspecified atom stereocenters. The molecule has 2 N–H and O–H groups in total. The molecule has 6 heteroatoms. The number of hydrogen-bond acceptors (Lipinski definition) is 3. The number of ketones is 1. The van der Waals surface area contributed by atoms with E-state index < -0.39 is 17.5 Å². The van der Waals surface area contributed by atoms with Gasteiger partial charge in [-0.1, -0.05) is 23.2 Å². The van der Waals surface area contributed by atoms with Gasteiger partial charge in [0.2, 0.25) is 0 Å². The Morgan fingerprint density at radius 3 is 2.00 bits per heavy atom. The van der Waals surface area contributed by atoms with Crippen LogP contribution >= 0.6 is 23.2 Å². The molecule has 2 aromatic rings. The van der Waals surface area contributed by atoms with Crippen LogP contribution in [0.5, 0.6) is 5.75 Å². The largest absolute Gasteiger partial charge is 0.507 e. The van der Waals surface area contributed by atoms with Crippen molar-refractivity contribution < 1.29 is 19.8 Å². The molecule has 0 aromatic heterocycles. The lowest BCUT2D eigenvalue weighted by Gasteiger charge is -2.05. The highest BCUT2D eigenvalue weighted by molar-refractivity contribution is 6.35. The van der Waals surface area contributed by atoms with Gasteiger partial charge >= 0.3 is 5.97 Å². The zero-order valence-electron chi connectivity index (χ0n) is 9.93. The van der Waals surface area contributed by atoms with E-state index in [2.05, 4.69) is 0 Å². The Hall–Kier alpha value is -2.04. The average Bonchev–Trinajstić information content (AvgIpc) is 2.36. The highest BCUT2D eigenvalue weighted by atomic mass is 35.5. The normalized spacial score (nSPS) is 10.3. The minimum absolute atomic E-state index is 0.144. The number of carbonyl (C=O) groups excluding carboxylic acids is 1. The number of aromatic hydroxyl groups is 1. The third-order valence-corrected chi connectivity index (χ3v) is 3.05. The Bertz CT molecular complexity index is 690. The summed E-state index contributed by atoms with van der Waals surface area (Å²) in [6.45, 7) is 0. The number of carbonyl (C=O) groups is 2. The van der Waals surface area contributed by atoms with E-state index in [0.29, 0.717) is 10.0 Å². The van der Waals surface area contributed by atoms with Crippen molar-refractivity contribution in [3.63, 3.8) is 0 Å². The second kappa shape index (κ2) is 5.53. The molecule has 0 atom stereocenters. The van der Waals surface area contributed by atoms with Crippen LogP contribution in [0.15, 0.2) is 36.4 Å². The zero-order valence-corrected chi connectivity index (χ0v) is 11.4. The van der Waals surface area contributed by atoms with Crippen molar-refractivity contribution in [2.75, 3.05) is 0 Å². The molecule has 4 nitrogen and oxygen atoms in total. The molecular weight excluding hydrogens is 303 g/mol. The molecule has 20 heavy (non-hydrogen) atoms. The summed E-state index contributed by atoms with van der Waals surface area (Å²) in [6.07, 6.45) is 0. The Labute approximate surface area is 124 Å². The van der Waals surface area contributed by atoms with Crippen LogP contribution in [0.2, 0.25) is 10.0 Å². The van der Waals surface area contributed by atoms with E-state index in [1.807, 2.05) is 0 Å². The predicted octanol–water partition coefficient (Wildman–Crippen LogP) is 3.63. The van der Waals surface area contributed by atoms with Gasteiger partial charge in [0, 0.05) is 21.2 Å². The molecule has 0 fully saturated rings. The minimum Gasteiger partial charge on any atom is -0.507 e. The van der Waals surface area contributed by atoms with Crippen LogP contribution in [-0.4, -0.2) is 22.0 Å². The van der Waals surface area contributed by atoms with E-state index in [-0.39, 0.29) is 16.7 Å². The van der Waals surface area contributed by atoms with Crippen LogP contribution in [0.3, 0.4) is 0 Å². The van der Waals surface area contributed by atoms with Gasteiger partial charge in [-0.25, -0.2) is 4.79 Å². The van der Waals surface area contributed by atoms with Gasteiger partial charge in [-0.2, -0.15) is 0 Å². The number of halogens is 2. The van der Waals surface area contributed by atoms with E-state index in [4.69, 9.17) is 28.3 Å². The van der Waals surface area contributed by atoms with Crippen LogP contribution in [0.4, 0.5) is 0 Å². The third-order valence-electron chi connectivity index (χ3n) is 2.62. The molecule has 0 saturated heterocycles. The molecule has 0 aliphatic carbocycles. The van der Waals surface area contributed by atoms with Crippen molar-refractivity contribution in [1.29, 1.82) is 0 Å². The quantitative estimate of drug-likeness (QED) is 0.849. The van der Waals surface area contributed by atoms with Crippen LogP contribution in [0, 0.1) is 0 Å².